The van der Waals surface area contributed by atoms with Crippen LogP contribution in [0.2, 0.25) is 0 Å². The molecule has 2 amide bonds. The van der Waals surface area contributed by atoms with Crippen molar-refractivity contribution in [2.75, 3.05) is 41.5 Å². The third kappa shape index (κ3) is 5.63. The van der Waals surface area contributed by atoms with E-state index < -0.39 is 17.2 Å². The molecule has 29 heavy (non-hydrogen) atoms. The molecule has 0 unspecified atom stereocenters. The molecule has 1 fully saturated rings. The molecule has 1 heterocycles. The minimum Gasteiger partial charge on any atom is -0.497 e. The molecule has 1 aliphatic rings. The number of ether oxygens (including phenoxy) is 3. The van der Waals surface area contributed by atoms with Crippen LogP contribution < -0.4 is 4.74 Å². The van der Waals surface area contributed by atoms with Crippen LogP contribution in [0, 0.1) is 5.92 Å². The van der Waals surface area contributed by atoms with Gasteiger partial charge in [-0.2, -0.15) is 0 Å². The first-order valence-electron chi connectivity index (χ1n) is 9.85. The van der Waals surface area contributed by atoms with Crippen LogP contribution in [0.4, 0.5) is 4.79 Å². The van der Waals surface area contributed by atoms with Crippen molar-refractivity contribution in [2.24, 2.45) is 5.92 Å². The fourth-order valence-electron chi connectivity index (χ4n) is 3.91. The van der Waals surface area contributed by atoms with Gasteiger partial charge in [-0.1, -0.05) is 12.1 Å². The zero-order chi connectivity index (χ0) is 21.8. The van der Waals surface area contributed by atoms with Crippen molar-refractivity contribution in [1.29, 1.82) is 0 Å². The molecule has 0 saturated carbocycles. The van der Waals surface area contributed by atoms with E-state index in [4.69, 9.17) is 14.2 Å². The lowest BCUT2D eigenvalue weighted by molar-refractivity contribution is -0.132. The van der Waals surface area contributed by atoms with Crippen LogP contribution in [0.1, 0.15) is 32.8 Å². The lowest BCUT2D eigenvalue weighted by Crippen LogP contribution is -2.53. The molecule has 7 heteroatoms. The Kier molecular flexibility index (Phi) is 7.16. The molecule has 1 aromatic rings. The molecule has 0 aromatic heterocycles. The first-order chi connectivity index (χ1) is 13.5. The maximum absolute atomic E-state index is 13.1. The summed E-state index contributed by atoms with van der Waals surface area (Å²) in [6.07, 6.45) is 0.654. The topological polar surface area (TPSA) is 68.3 Å². The van der Waals surface area contributed by atoms with Gasteiger partial charge in [0.1, 0.15) is 11.4 Å². The SMILES string of the molecule is COC[C@@]1(Cc2ccc(OC)cc2)C[C@H](C(=O)N(C)C)CN1C(=O)OC(C)(C)C. The van der Waals surface area contributed by atoms with E-state index in [1.165, 1.54) is 0 Å². The van der Waals surface area contributed by atoms with Crippen molar-refractivity contribution < 1.29 is 23.8 Å². The predicted molar refractivity (Wildman–Crippen MR) is 111 cm³/mol. The van der Waals surface area contributed by atoms with Gasteiger partial charge in [-0.15, -0.1) is 0 Å². The average Bonchev–Trinajstić information content (AvgIpc) is 2.99. The number of likely N-dealkylation sites (tertiary alicyclic amines) is 1. The van der Waals surface area contributed by atoms with Gasteiger partial charge in [0.2, 0.25) is 5.91 Å². The average molecular weight is 407 g/mol. The molecule has 0 aliphatic carbocycles. The van der Waals surface area contributed by atoms with Gasteiger partial charge in [0.05, 0.1) is 25.2 Å². The summed E-state index contributed by atoms with van der Waals surface area (Å²) in [7, 11) is 6.71. The highest BCUT2D eigenvalue weighted by molar-refractivity contribution is 5.81. The minimum absolute atomic E-state index is 0.00580. The summed E-state index contributed by atoms with van der Waals surface area (Å²) in [4.78, 5) is 29.1. The van der Waals surface area contributed by atoms with Gasteiger partial charge in [-0.05, 0) is 51.3 Å². The number of benzene rings is 1. The summed E-state index contributed by atoms with van der Waals surface area (Å²) in [5.74, 6) is 0.475. The lowest BCUT2D eigenvalue weighted by atomic mass is 9.86. The third-order valence-corrected chi connectivity index (χ3v) is 5.11. The Bertz CT molecular complexity index is 711. The van der Waals surface area contributed by atoms with Gasteiger partial charge >= 0.3 is 6.09 Å². The van der Waals surface area contributed by atoms with Gasteiger partial charge in [0.25, 0.3) is 0 Å². The van der Waals surface area contributed by atoms with E-state index in [9.17, 15) is 9.59 Å². The van der Waals surface area contributed by atoms with E-state index in [0.717, 1.165) is 11.3 Å². The summed E-state index contributed by atoms with van der Waals surface area (Å²) < 4.78 is 16.5. The number of amides is 2. The molecule has 0 bridgehead atoms. The largest absolute Gasteiger partial charge is 0.497 e. The van der Waals surface area contributed by atoms with E-state index in [1.54, 1.807) is 38.1 Å². The van der Waals surface area contributed by atoms with Crippen LogP contribution in [0.5, 0.6) is 5.75 Å². The monoisotopic (exact) mass is 406 g/mol. The van der Waals surface area contributed by atoms with Crippen molar-refractivity contribution in [3.8, 4) is 5.75 Å². The summed E-state index contributed by atoms with van der Waals surface area (Å²) in [6.45, 7) is 6.14. The molecular formula is C22H34N2O5. The zero-order valence-corrected chi connectivity index (χ0v) is 18.7. The highest BCUT2D eigenvalue weighted by Crippen LogP contribution is 2.38. The number of hydrogen-bond acceptors (Lipinski definition) is 5. The van der Waals surface area contributed by atoms with Crippen LogP contribution in [0.15, 0.2) is 24.3 Å². The van der Waals surface area contributed by atoms with E-state index in [2.05, 4.69) is 0 Å². The molecular weight excluding hydrogens is 372 g/mol. The second-order valence-electron chi connectivity index (χ2n) is 8.91. The van der Waals surface area contributed by atoms with Crippen LogP contribution >= 0.6 is 0 Å². The van der Waals surface area contributed by atoms with Crippen molar-refractivity contribution in [3.63, 3.8) is 0 Å². The number of nitrogens with zero attached hydrogens (tertiary/aromatic N) is 2. The molecule has 0 N–H and O–H groups in total. The Balaban J connectivity index is 2.40. The zero-order valence-electron chi connectivity index (χ0n) is 18.7. The molecule has 0 spiro atoms. The van der Waals surface area contributed by atoms with Gasteiger partial charge in [0.15, 0.2) is 0 Å². The van der Waals surface area contributed by atoms with Crippen LogP contribution in [0.3, 0.4) is 0 Å². The summed E-state index contributed by atoms with van der Waals surface area (Å²) in [5.41, 5.74) is -0.254. The first-order valence-corrected chi connectivity index (χ1v) is 9.85. The van der Waals surface area contributed by atoms with E-state index >= 15 is 0 Å². The van der Waals surface area contributed by atoms with E-state index in [0.29, 0.717) is 26.0 Å². The normalized spacial score (nSPS) is 21.8. The van der Waals surface area contributed by atoms with Crippen LogP contribution in [0.25, 0.3) is 0 Å². The number of carbonyl (C=O) groups is 2. The highest BCUT2D eigenvalue weighted by atomic mass is 16.6. The predicted octanol–water partition coefficient (Wildman–Crippen LogP) is 2.97. The maximum Gasteiger partial charge on any atom is 0.410 e. The smallest absolute Gasteiger partial charge is 0.410 e. The van der Waals surface area contributed by atoms with Gasteiger partial charge in [-0.25, -0.2) is 4.79 Å². The van der Waals surface area contributed by atoms with Gasteiger partial charge in [-0.3, -0.25) is 9.69 Å². The minimum atomic E-state index is -0.665. The number of hydrogen-bond donors (Lipinski definition) is 0. The fraction of sp³-hybridized carbons (Fsp3) is 0.636. The summed E-state index contributed by atoms with van der Waals surface area (Å²) in [5, 5.41) is 0. The Labute approximate surface area is 173 Å². The number of carbonyl (C=O) groups excluding carboxylic acids is 2. The van der Waals surface area contributed by atoms with Crippen molar-refractivity contribution in [1.82, 2.24) is 9.80 Å². The Morgan fingerprint density at radius 1 is 1.17 bits per heavy atom. The van der Waals surface area contributed by atoms with Crippen LogP contribution in [-0.4, -0.2) is 74.4 Å². The van der Waals surface area contributed by atoms with Crippen molar-refractivity contribution >= 4 is 12.0 Å². The van der Waals surface area contributed by atoms with E-state index in [1.807, 2.05) is 45.0 Å². The molecule has 1 saturated heterocycles. The van der Waals surface area contributed by atoms with Crippen molar-refractivity contribution in [3.05, 3.63) is 29.8 Å². The Hall–Kier alpha value is -2.28. The second-order valence-corrected chi connectivity index (χ2v) is 8.91. The van der Waals surface area contributed by atoms with Crippen molar-refractivity contribution in [2.45, 2.75) is 44.8 Å². The molecule has 1 aromatic carbocycles. The highest BCUT2D eigenvalue weighted by Gasteiger charge is 2.51. The quantitative estimate of drug-likeness (QED) is 0.727. The molecule has 2 rings (SSSR count). The molecule has 7 nitrogen and oxygen atoms in total. The lowest BCUT2D eigenvalue weighted by Gasteiger charge is -2.38. The first kappa shape index (κ1) is 23.0. The fourth-order valence-corrected chi connectivity index (χ4v) is 3.91. The Morgan fingerprint density at radius 2 is 1.79 bits per heavy atom. The molecule has 1 aliphatic heterocycles. The van der Waals surface area contributed by atoms with Gasteiger partial charge < -0.3 is 19.1 Å². The summed E-state index contributed by atoms with van der Waals surface area (Å²) in [6, 6.07) is 7.74. The molecule has 162 valence electrons. The van der Waals surface area contributed by atoms with E-state index in [-0.39, 0.29) is 11.8 Å². The number of methoxy groups -OCH3 is 2. The second kappa shape index (κ2) is 9.03. The standard InChI is InChI=1S/C22H34N2O5/c1-21(2,3)29-20(26)24-14-17(19(25)23(4)5)13-22(24,15-27-6)12-16-8-10-18(28-7)11-9-16/h8-11,17H,12-15H2,1-7H3/t17-,22+/m0/s1. The number of rotatable bonds is 6. The maximum atomic E-state index is 13.1. The molecule has 0 radical (unpaired) electrons. The Morgan fingerprint density at radius 3 is 2.28 bits per heavy atom. The van der Waals surface area contributed by atoms with Gasteiger partial charge in [0, 0.05) is 27.7 Å². The van der Waals surface area contributed by atoms with Crippen LogP contribution in [-0.2, 0) is 20.7 Å². The molecule has 2 atom stereocenters. The third-order valence-electron chi connectivity index (χ3n) is 5.11. The summed E-state index contributed by atoms with van der Waals surface area (Å²) >= 11 is 0.